The van der Waals surface area contributed by atoms with Crippen molar-refractivity contribution in [3.8, 4) is 66.8 Å². The Morgan fingerprint density at radius 3 is 0.939 bits per heavy atom. The van der Waals surface area contributed by atoms with Crippen LogP contribution in [0, 0.1) is 0 Å². The number of aromatic nitrogens is 2. The number of fused-ring (bicyclic) bond motifs is 20. The van der Waals surface area contributed by atoms with Gasteiger partial charge in [-0.05, 0) is 115 Å². The summed E-state index contributed by atoms with van der Waals surface area (Å²) in [5.74, 6) is 0. The lowest BCUT2D eigenvalue weighted by atomic mass is 9.85. The Morgan fingerprint density at radius 2 is 0.561 bits per heavy atom. The van der Waals surface area contributed by atoms with E-state index in [-0.39, 0.29) is 0 Å². The van der Waals surface area contributed by atoms with Crippen LogP contribution in [-0.4, -0.2) is 8.80 Å². The van der Waals surface area contributed by atoms with Crippen LogP contribution in [0.3, 0.4) is 0 Å². The zero-order chi connectivity index (χ0) is 53.3. The molecule has 0 atom stereocenters. The maximum absolute atomic E-state index is 2.65. The number of hydrogen-bond donors (Lipinski definition) is 0. The van der Waals surface area contributed by atoms with Crippen molar-refractivity contribution < 1.29 is 0 Å². The van der Waals surface area contributed by atoms with Gasteiger partial charge in [0.05, 0.1) is 33.1 Å². The summed E-state index contributed by atoms with van der Waals surface area (Å²) in [7, 11) is 0. The van der Waals surface area contributed by atoms with Gasteiger partial charge in [0.1, 0.15) is 0 Å². The highest BCUT2D eigenvalue weighted by molar-refractivity contribution is 7.26. The lowest BCUT2D eigenvalue weighted by molar-refractivity contribution is 1.36. The van der Waals surface area contributed by atoms with Gasteiger partial charge in [0.25, 0.3) is 0 Å². The van der Waals surface area contributed by atoms with Gasteiger partial charge >= 0.3 is 0 Å². The van der Waals surface area contributed by atoms with Gasteiger partial charge < -0.3 is 8.80 Å². The van der Waals surface area contributed by atoms with Crippen LogP contribution in [0.15, 0.2) is 267 Å². The molecule has 0 fully saturated rings. The van der Waals surface area contributed by atoms with E-state index < -0.39 is 0 Å². The van der Waals surface area contributed by atoms with Gasteiger partial charge in [0.15, 0.2) is 0 Å². The maximum atomic E-state index is 2.65. The van der Waals surface area contributed by atoms with Gasteiger partial charge in [0.2, 0.25) is 0 Å². The molecule has 19 aromatic rings. The molecule has 0 saturated heterocycles. The van der Waals surface area contributed by atoms with E-state index in [1.165, 1.54) is 183 Å². The van der Waals surface area contributed by atoms with Gasteiger partial charge in [-0.25, -0.2) is 0 Å². The fourth-order valence-corrected chi connectivity index (χ4v) is 17.0. The second-order valence-corrected chi connectivity index (χ2v) is 24.3. The summed E-state index contributed by atoms with van der Waals surface area (Å²) < 4.78 is 10.6. The van der Waals surface area contributed by atoms with E-state index in [2.05, 4.69) is 276 Å². The third-order valence-corrected chi connectivity index (χ3v) is 20.3. The first-order valence-corrected chi connectivity index (χ1v) is 29.9. The van der Waals surface area contributed by atoms with Gasteiger partial charge in [0, 0.05) is 83.4 Å². The first-order chi connectivity index (χ1) is 40.7. The lowest BCUT2D eigenvalue weighted by Gasteiger charge is -2.18. The summed E-state index contributed by atoms with van der Waals surface area (Å²) in [6, 6.07) is 100. The standard InChI is InChI=1S/C78H44N2S2/c1-5-19-45(20-6-1)49-29-17-30-50(46-21-7-2-8-22-46)69(49)55-35-37-57-73-61(39-41-67-75(73)53-27-13-15-33-65(53)81-67)79-63-44-60-64(43-59(63)71(55)77(57)79)80-62-40-42-68-76(54-28-14-16-34-66(54)82-68)74(62)58-38-36-56(72(60)78(58)80)70-51(47-23-9-3-10-24-47)31-18-32-52(70)48-25-11-4-12-26-48/h1-44H. The predicted molar refractivity (Wildman–Crippen MR) is 354 cm³/mol. The van der Waals surface area contributed by atoms with Crippen molar-refractivity contribution in [1.29, 1.82) is 0 Å². The van der Waals surface area contributed by atoms with Crippen molar-refractivity contribution in [3.63, 3.8) is 0 Å². The molecule has 0 aliphatic heterocycles. The minimum Gasteiger partial charge on any atom is -0.308 e. The van der Waals surface area contributed by atoms with Crippen LogP contribution < -0.4 is 0 Å². The van der Waals surface area contributed by atoms with E-state index >= 15 is 0 Å². The second kappa shape index (κ2) is 16.7. The second-order valence-electron chi connectivity index (χ2n) is 22.1. The van der Waals surface area contributed by atoms with Crippen LogP contribution in [0.2, 0.25) is 0 Å². The van der Waals surface area contributed by atoms with Crippen LogP contribution in [-0.2, 0) is 0 Å². The number of hydrogen-bond acceptors (Lipinski definition) is 2. The fourth-order valence-electron chi connectivity index (χ4n) is 14.7. The van der Waals surface area contributed by atoms with Crippen LogP contribution in [0.1, 0.15) is 0 Å². The highest BCUT2D eigenvalue weighted by atomic mass is 32.1. The molecule has 378 valence electrons. The van der Waals surface area contributed by atoms with Crippen LogP contribution in [0.25, 0.3) is 183 Å². The number of rotatable bonds is 6. The van der Waals surface area contributed by atoms with E-state index in [0.29, 0.717) is 0 Å². The molecule has 82 heavy (non-hydrogen) atoms. The average Bonchev–Trinajstić information content (AvgIpc) is 2.24. The van der Waals surface area contributed by atoms with Crippen molar-refractivity contribution in [3.05, 3.63) is 267 Å². The van der Waals surface area contributed by atoms with Crippen molar-refractivity contribution in [2.24, 2.45) is 0 Å². The lowest BCUT2D eigenvalue weighted by Crippen LogP contribution is -1.91. The Bertz CT molecular complexity index is 5370. The van der Waals surface area contributed by atoms with Gasteiger partial charge in [-0.1, -0.05) is 218 Å². The highest BCUT2D eigenvalue weighted by Crippen LogP contribution is 2.55. The molecule has 2 nitrogen and oxygen atoms in total. The van der Waals surface area contributed by atoms with Crippen molar-refractivity contribution >= 4 is 139 Å². The molecule has 0 aliphatic rings. The van der Waals surface area contributed by atoms with Gasteiger partial charge in [-0.2, -0.15) is 0 Å². The summed E-state index contributed by atoms with van der Waals surface area (Å²) in [6.45, 7) is 0. The largest absolute Gasteiger partial charge is 0.308 e. The Balaban J connectivity index is 1.04. The predicted octanol–water partition coefficient (Wildman–Crippen LogP) is 22.7. The van der Waals surface area contributed by atoms with Gasteiger partial charge in [-0.3, -0.25) is 0 Å². The molecule has 0 N–H and O–H groups in total. The minimum absolute atomic E-state index is 1.20. The fraction of sp³-hybridized carbons (Fsp3) is 0. The van der Waals surface area contributed by atoms with E-state index in [0.717, 1.165) is 0 Å². The normalized spacial score (nSPS) is 12.4. The Morgan fingerprint density at radius 1 is 0.207 bits per heavy atom. The molecular weight excluding hydrogens is 1030 g/mol. The van der Waals surface area contributed by atoms with Crippen LogP contribution >= 0.6 is 22.7 Å². The zero-order valence-corrected chi connectivity index (χ0v) is 45.7. The van der Waals surface area contributed by atoms with Crippen LogP contribution in [0.4, 0.5) is 0 Å². The van der Waals surface area contributed by atoms with Gasteiger partial charge in [-0.15, -0.1) is 22.7 Å². The Hall–Kier alpha value is -10.1. The molecule has 19 rings (SSSR count). The number of thiophene rings is 2. The molecular formula is C78H44N2S2. The monoisotopic (exact) mass is 1070 g/mol. The Labute approximate surface area is 478 Å². The summed E-state index contributed by atoms with van der Waals surface area (Å²) in [4.78, 5) is 0. The topological polar surface area (TPSA) is 8.82 Å². The highest BCUT2D eigenvalue weighted by Gasteiger charge is 2.30. The molecule has 6 aromatic heterocycles. The molecule has 0 bridgehead atoms. The summed E-state index contributed by atoms with van der Waals surface area (Å²) >= 11 is 3.80. The minimum atomic E-state index is 1.20. The third-order valence-electron chi connectivity index (χ3n) is 18.0. The number of nitrogens with zero attached hydrogens (tertiary/aromatic N) is 2. The molecule has 6 heterocycles. The molecule has 4 heteroatoms. The zero-order valence-electron chi connectivity index (χ0n) is 44.1. The molecule has 0 radical (unpaired) electrons. The van der Waals surface area contributed by atoms with E-state index in [4.69, 9.17) is 0 Å². The maximum Gasteiger partial charge on any atom is 0.0627 e. The summed E-state index contributed by atoms with van der Waals surface area (Å²) in [5.41, 5.74) is 22.0. The average molecular weight is 1070 g/mol. The SMILES string of the molecule is c1ccc(-c2cccc(-c3ccccc3)c2-c2ccc3c4c5c(ccc4n4c6cc7c8c(-c9c(-c%10ccccc%10)cccc9-c9ccccc9)ccc9c%10c%11c(ccc%10n(c7cc6c2c34)c98)sc2ccccc2%11)sc2ccccc25)cc1. The number of benzene rings is 13. The first-order valence-electron chi connectivity index (χ1n) is 28.2. The van der Waals surface area contributed by atoms with E-state index in [1.807, 2.05) is 22.7 Å². The molecule has 0 spiro atoms. The smallest absolute Gasteiger partial charge is 0.0627 e. The van der Waals surface area contributed by atoms with E-state index in [1.54, 1.807) is 0 Å². The third kappa shape index (κ3) is 5.96. The summed E-state index contributed by atoms with van der Waals surface area (Å²) in [5, 5.41) is 15.5. The molecule has 0 amide bonds. The van der Waals surface area contributed by atoms with Crippen molar-refractivity contribution in [2.45, 2.75) is 0 Å². The Kier molecular flexibility index (Phi) is 9.12. The quantitative estimate of drug-likeness (QED) is 0.157. The summed E-state index contributed by atoms with van der Waals surface area (Å²) in [6.07, 6.45) is 0. The molecule has 0 aliphatic carbocycles. The molecule has 0 saturated carbocycles. The van der Waals surface area contributed by atoms with Crippen molar-refractivity contribution in [2.75, 3.05) is 0 Å². The van der Waals surface area contributed by atoms with E-state index in [9.17, 15) is 0 Å². The molecule has 0 unspecified atom stereocenters. The van der Waals surface area contributed by atoms with Crippen LogP contribution in [0.5, 0.6) is 0 Å². The molecule has 13 aromatic carbocycles. The van der Waals surface area contributed by atoms with Crippen molar-refractivity contribution in [1.82, 2.24) is 8.80 Å². The first kappa shape index (κ1) is 44.7.